The first kappa shape index (κ1) is 20.2. The van der Waals surface area contributed by atoms with Gasteiger partial charge in [0.2, 0.25) is 0 Å². The predicted molar refractivity (Wildman–Crippen MR) is 112 cm³/mol. The van der Waals surface area contributed by atoms with E-state index >= 15 is 0 Å². The van der Waals surface area contributed by atoms with Gasteiger partial charge in [0.05, 0.1) is 23.7 Å². The van der Waals surface area contributed by atoms with Crippen LogP contribution < -0.4 is 10.9 Å². The van der Waals surface area contributed by atoms with Gasteiger partial charge in [0.1, 0.15) is 5.82 Å². The van der Waals surface area contributed by atoms with Crippen molar-refractivity contribution in [2.45, 2.75) is 45.2 Å². The molecule has 2 heterocycles. The zero-order valence-corrected chi connectivity index (χ0v) is 17.4. The molecule has 0 saturated heterocycles. The number of nitrogens with zero attached hydrogens (tertiary/aromatic N) is 1. The number of carbonyl (C=O) groups is 1. The quantitative estimate of drug-likeness (QED) is 0.434. The Morgan fingerprint density at radius 3 is 2.57 bits per heavy atom. The number of aromatic amines is 1. The molecule has 0 saturated carbocycles. The molecule has 0 amide bonds. The lowest BCUT2D eigenvalue weighted by Crippen LogP contribution is -2.31. The van der Waals surface area contributed by atoms with E-state index in [0.29, 0.717) is 27.8 Å². The fourth-order valence-electron chi connectivity index (χ4n) is 3.27. The highest BCUT2D eigenvalue weighted by Gasteiger charge is 2.36. The summed E-state index contributed by atoms with van der Waals surface area (Å²) in [6.45, 7) is 7.93. The topological polar surface area (TPSA) is 84.1 Å². The number of carbonyl (C=O) groups excluding carboxylic acids is 1. The van der Waals surface area contributed by atoms with Crippen molar-refractivity contribution < 1.29 is 9.53 Å². The van der Waals surface area contributed by atoms with Gasteiger partial charge in [0.15, 0.2) is 5.16 Å². The average Bonchev–Trinajstić information content (AvgIpc) is 2.66. The first-order chi connectivity index (χ1) is 13.5. The summed E-state index contributed by atoms with van der Waals surface area (Å²) < 4.78 is 5.29. The van der Waals surface area contributed by atoms with Crippen LogP contribution in [0.25, 0.3) is 0 Å². The third kappa shape index (κ3) is 3.99. The number of nitrogens with one attached hydrogen (secondary N) is 2. The first-order valence-electron chi connectivity index (χ1n) is 9.44. The Morgan fingerprint density at radius 1 is 1.21 bits per heavy atom. The highest BCUT2D eigenvalue weighted by molar-refractivity contribution is 7.99. The fourth-order valence-corrected chi connectivity index (χ4v) is 3.99. The van der Waals surface area contributed by atoms with Crippen LogP contribution in [-0.4, -0.2) is 28.3 Å². The molecule has 0 aliphatic carbocycles. The molecular weight excluding hydrogens is 374 g/mol. The average molecular weight is 400 g/mol. The van der Waals surface area contributed by atoms with Gasteiger partial charge < -0.3 is 15.0 Å². The van der Waals surface area contributed by atoms with Gasteiger partial charge in [-0.1, -0.05) is 48.5 Å². The van der Waals surface area contributed by atoms with Crippen molar-refractivity contribution in [1.82, 2.24) is 9.97 Å². The molecule has 1 aromatic carbocycles. The van der Waals surface area contributed by atoms with Crippen LogP contribution in [0.2, 0.25) is 0 Å². The zero-order chi connectivity index (χ0) is 20.3. The van der Waals surface area contributed by atoms with Crippen LogP contribution in [0.4, 0.5) is 5.82 Å². The number of H-pyrrole nitrogens is 1. The molecule has 148 valence electrons. The minimum Gasteiger partial charge on any atom is -0.463 e. The number of benzene rings is 1. The van der Waals surface area contributed by atoms with Crippen LogP contribution in [0.1, 0.15) is 49.8 Å². The Bertz CT molecular complexity index is 964. The number of thioether (sulfide) groups is 1. The lowest BCUT2D eigenvalue weighted by Gasteiger charge is -2.28. The van der Waals surface area contributed by atoms with Crippen molar-refractivity contribution >= 4 is 23.5 Å². The maximum atomic E-state index is 13.0. The van der Waals surface area contributed by atoms with E-state index in [1.54, 1.807) is 6.92 Å². The lowest BCUT2D eigenvalue weighted by molar-refractivity contribution is -0.138. The number of hydrogen-bond acceptors (Lipinski definition) is 6. The first-order valence-corrected chi connectivity index (χ1v) is 10.4. The van der Waals surface area contributed by atoms with E-state index in [1.807, 2.05) is 38.1 Å². The fraction of sp³-hybridized carbons (Fsp3) is 0.381. The van der Waals surface area contributed by atoms with E-state index in [1.165, 1.54) is 11.8 Å². The second-order valence-electron chi connectivity index (χ2n) is 6.71. The number of anilines is 1. The monoisotopic (exact) mass is 399 g/mol. The maximum Gasteiger partial charge on any atom is 0.336 e. The van der Waals surface area contributed by atoms with Gasteiger partial charge in [0.25, 0.3) is 5.56 Å². The molecule has 1 unspecified atom stereocenters. The van der Waals surface area contributed by atoms with Gasteiger partial charge in [-0.25, -0.2) is 9.78 Å². The summed E-state index contributed by atoms with van der Waals surface area (Å²) >= 11 is 1.51. The van der Waals surface area contributed by atoms with Crippen molar-refractivity contribution in [2.75, 3.05) is 17.7 Å². The van der Waals surface area contributed by atoms with Crippen molar-refractivity contribution in [3.8, 4) is 0 Å². The molecule has 7 heteroatoms. The second-order valence-corrected chi connectivity index (χ2v) is 7.79. The Hall–Kier alpha value is -2.54. The van der Waals surface area contributed by atoms with E-state index in [-0.39, 0.29) is 12.2 Å². The molecular formula is C21H25N3O3S. The van der Waals surface area contributed by atoms with Crippen LogP contribution in [0.5, 0.6) is 0 Å². The van der Waals surface area contributed by atoms with Gasteiger partial charge in [0, 0.05) is 11.4 Å². The van der Waals surface area contributed by atoms with Gasteiger partial charge in [-0.2, -0.15) is 0 Å². The standard InChI is InChI=1S/C21H25N3O3S/c1-5-11-28-21-23-18-17(19(25)24-21)16(14-9-7-12(3)8-10-14)15(13(4)22-18)20(26)27-6-2/h7-10,16H,5-6,11H2,1-4H3,(H2,22,23,24,25). The Balaban J connectivity index is 2.18. The van der Waals surface area contributed by atoms with E-state index in [0.717, 1.165) is 23.3 Å². The molecule has 0 bridgehead atoms. The lowest BCUT2D eigenvalue weighted by atomic mass is 9.82. The maximum absolute atomic E-state index is 13.0. The number of aryl methyl sites for hydroxylation is 1. The molecule has 0 spiro atoms. The van der Waals surface area contributed by atoms with E-state index < -0.39 is 11.9 Å². The van der Waals surface area contributed by atoms with Crippen molar-refractivity contribution in [3.63, 3.8) is 0 Å². The highest BCUT2D eigenvalue weighted by atomic mass is 32.2. The highest BCUT2D eigenvalue weighted by Crippen LogP contribution is 2.40. The third-order valence-electron chi connectivity index (χ3n) is 4.57. The molecule has 2 N–H and O–H groups in total. The van der Waals surface area contributed by atoms with E-state index in [9.17, 15) is 9.59 Å². The van der Waals surface area contributed by atoms with Crippen molar-refractivity contribution in [2.24, 2.45) is 0 Å². The summed E-state index contributed by atoms with van der Waals surface area (Å²) in [5, 5.41) is 3.73. The largest absolute Gasteiger partial charge is 0.463 e. The summed E-state index contributed by atoms with van der Waals surface area (Å²) in [4.78, 5) is 33.2. The number of ether oxygens (including phenoxy) is 1. The molecule has 1 aliphatic heterocycles. The third-order valence-corrected chi connectivity index (χ3v) is 5.65. The molecule has 1 aliphatic rings. The van der Waals surface area contributed by atoms with E-state index in [4.69, 9.17) is 4.74 Å². The number of esters is 1. The van der Waals surface area contributed by atoms with Crippen LogP contribution in [-0.2, 0) is 9.53 Å². The molecule has 0 radical (unpaired) electrons. The van der Waals surface area contributed by atoms with Crippen LogP contribution >= 0.6 is 11.8 Å². The number of hydrogen-bond donors (Lipinski definition) is 2. The van der Waals surface area contributed by atoms with Crippen molar-refractivity contribution in [1.29, 1.82) is 0 Å². The Kier molecular flexibility index (Phi) is 6.24. The number of fused-ring (bicyclic) bond motifs is 1. The molecule has 1 atom stereocenters. The summed E-state index contributed by atoms with van der Waals surface area (Å²) in [7, 11) is 0. The normalized spacial score (nSPS) is 15.8. The van der Waals surface area contributed by atoms with E-state index in [2.05, 4.69) is 22.2 Å². The minimum absolute atomic E-state index is 0.240. The van der Waals surface area contributed by atoms with Gasteiger partial charge in [-0.05, 0) is 32.8 Å². The summed E-state index contributed by atoms with van der Waals surface area (Å²) in [6.07, 6.45) is 0.983. The summed E-state index contributed by atoms with van der Waals surface area (Å²) in [5.41, 5.74) is 3.27. The molecule has 2 aromatic rings. The number of rotatable bonds is 6. The Labute approximate surface area is 168 Å². The number of aromatic nitrogens is 2. The number of allylic oxidation sites excluding steroid dienone is 1. The molecule has 3 rings (SSSR count). The molecule has 28 heavy (non-hydrogen) atoms. The molecule has 6 nitrogen and oxygen atoms in total. The van der Waals surface area contributed by atoms with Crippen LogP contribution in [0.15, 0.2) is 45.5 Å². The van der Waals surface area contributed by atoms with Crippen LogP contribution in [0, 0.1) is 6.92 Å². The van der Waals surface area contributed by atoms with Crippen molar-refractivity contribution in [3.05, 3.63) is 62.6 Å². The summed E-state index contributed by atoms with van der Waals surface area (Å²) in [5.74, 6) is 0.412. The predicted octanol–water partition coefficient (Wildman–Crippen LogP) is 3.97. The summed E-state index contributed by atoms with van der Waals surface area (Å²) in [6, 6.07) is 7.84. The smallest absolute Gasteiger partial charge is 0.336 e. The van der Waals surface area contributed by atoms with Crippen LogP contribution in [0.3, 0.4) is 0 Å². The minimum atomic E-state index is -0.530. The van der Waals surface area contributed by atoms with Gasteiger partial charge >= 0.3 is 5.97 Å². The molecule has 0 fully saturated rings. The Morgan fingerprint density at radius 2 is 1.93 bits per heavy atom. The molecule has 1 aromatic heterocycles. The van der Waals surface area contributed by atoms with Gasteiger partial charge in [-0.3, -0.25) is 4.79 Å². The zero-order valence-electron chi connectivity index (χ0n) is 16.6. The van der Waals surface area contributed by atoms with Gasteiger partial charge in [-0.15, -0.1) is 0 Å². The SMILES string of the molecule is CCCSc1nc2c(c(=O)[nH]1)C(c1ccc(C)cc1)C(C(=O)OCC)=C(C)N2. The second kappa shape index (κ2) is 8.65.